The summed E-state index contributed by atoms with van der Waals surface area (Å²) in [6.45, 7) is 2.90. The minimum absolute atomic E-state index is 0. The molecule has 68 valence electrons. The molecule has 0 spiro atoms. The topological polar surface area (TPSA) is 61.0 Å². The van der Waals surface area contributed by atoms with Crippen LogP contribution in [0.4, 0.5) is 0 Å². The lowest BCUT2D eigenvalue weighted by molar-refractivity contribution is 0.324. The van der Waals surface area contributed by atoms with E-state index < -0.39 is 0 Å². The van der Waals surface area contributed by atoms with E-state index in [1.165, 1.54) is 0 Å². The van der Waals surface area contributed by atoms with E-state index in [1.807, 2.05) is 6.92 Å². The van der Waals surface area contributed by atoms with Crippen LogP contribution in [0.5, 0.6) is 5.88 Å². The van der Waals surface area contributed by atoms with Gasteiger partial charge in [-0.1, -0.05) is 0 Å². The predicted octanol–water partition coefficient (Wildman–Crippen LogP) is 0.756. The van der Waals surface area contributed by atoms with Gasteiger partial charge in [-0.2, -0.15) is 0 Å². The van der Waals surface area contributed by atoms with Crippen LogP contribution in [0.15, 0.2) is 12.4 Å². The molecule has 0 saturated carbocycles. The number of hydrogen-bond acceptors (Lipinski definition) is 4. The van der Waals surface area contributed by atoms with Gasteiger partial charge in [-0.25, -0.2) is 4.98 Å². The average Bonchev–Trinajstić information content (AvgIpc) is 2.06. The normalized spacial score (nSPS) is 8.83. The van der Waals surface area contributed by atoms with Crippen molar-refractivity contribution in [3.63, 3.8) is 0 Å². The summed E-state index contributed by atoms with van der Waals surface area (Å²) in [7, 11) is 0. The number of hydrogen-bond donors (Lipinski definition) is 1. The minimum atomic E-state index is 0. The molecule has 1 heterocycles. The SMILES string of the molecule is CCOc1cncc(CN)n1.Cl. The largest absolute Gasteiger partial charge is 0.477 e. The van der Waals surface area contributed by atoms with Crippen molar-refractivity contribution in [1.29, 1.82) is 0 Å². The van der Waals surface area contributed by atoms with Crippen molar-refractivity contribution in [3.8, 4) is 5.88 Å². The zero-order valence-electron chi connectivity index (χ0n) is 6.86. The van der Waals surface area contributed by atoms with Crippen molar-refractivity contribution in [2.75, 3.05) is 6.61 Å². The highest BCUT2D eigenvalue weighted by Gasteiger charge is 1.95. The summed E-state index contributed by atoms with van der Waals surface area (Å²) in [5.41, 5.74) is 6.10. The Balaban J connectivity index is 0.00000121. The lowest BCUT2D eigenvalue weighted by Gasteiger charge is -2.01. The van der Waals surface area contributed by atoms with Crippen LogP contribution in [0.2, 0.25) is 0 Å². The van der Waals surface area contributed by atoms with Crippen LogP contribution in [0, 0.1) is 0 Å². The Morgan fingerprint density at radius 3 is 2.83 bits per heavy atom. The number of nitrogens with two attached hydrogens (primary N) is 1. The minimum Gasteiger partial charge on any atom is -0.477 e. The first-order chi connectivity index (χ1) is 5.36. The van der Waals surface area contributed by atoms with Crippen LogP contribution in [0.3, 0.4) is 0 Å². The van der Waals surface area contributed by atoms with Crippen molar-refractivity contribution in [2.45, 2.75) is 13.5 Å². The Hall–Kier alpha value is -0.870. The van der Waals surface area contributed by atoms with Gasteiger partial charge in [0.2, 0.25) is 5.88 Å². The van der Waals surface area contributed by atoms with Crippen LogP contribution in [-0.2, 0) is 6.54 Å². The number of halogens is 1. The fourth-order valence-corrected chi connectivity index (χ4v) is 0.702. The van der Waals surface area contributed by atoms with Gasteiger partial charge in [-0.15, -0.1) is 12.4 Å². The summed E-state index contributed by atoms with van der Waals surface area (Å²) in [6.07, 6.45) is 3.20. The molecule has 0 saturated heterocycles. The third kappa shape index (κ3) is 3.02. The second-order valence-electron chi connectivity index (χ2n) is 1.99. The van der Waals surface area contributed by atoms with E-state index in [-0.39, 0.29) is 12.4 Å². The van der Waals surface area contributed by atoms with E-state index in [4.69, 9.17) is 10.5 Å². The van der Waals surface area contributed by atoms with Gasteiger partial charge in [0.15, 0.2) is 0 Å². The highest BCUT2D eigenvalue weighted by Crippen LogP contribution is 2.03. The van der Waals surface area contributed by atoms with E-state index in [2.05, 4.69) is 9.97 Å². The van der Waals surface area contributed by atoms with Crippen LogP contribution < -0.4 is 10.5 Å². The maximum atomic E-state index is 5.36. The van der Waals surface area contributed by atoms with Gasteiger partial charge in [-0.05, 0) is 6.92 Å². The summed E-state index contributed by atoms with van der Waals surface area (Å²) < 4.78 is 5.12. The summed E-state index contributed by atoms with van der Waals surface area (Å²) >= 11 is 0. The maximum absolute atomic E-state index is 5.36. The zero-order chi connectivity index (χ0) is 8.10. The molecule has 0 aliphatic carbocycles. The molecular formula is C7H12ClN3O. The molecule has 2 N–H and O–H groups in total. The van der Waals surface area contributed by atoms with E-state index in [0.29, 0.717) is 19.0 Å². The van der Waals surface area contributed by atoms with Gasteiger partial charge in [0.25, 0.3) is 0 Å². The quantitative estimate of drug-likeness (QED) is 0.763. The van der Waals surface area contributed by atoms with Crippen molar-refractivity contribution < 1.29 is 4.74 Å². The van der Waals surface area contributed by atoms with Crippen LogP contribution in [-0.4, -0.2) is 16.6 Å². The molecule has 0 radical (unpaired) electrons. The Morgan fingerprint density at radius 2 is 2.25 bits per heavy atom. The molecule has 1 aromatic heterocycles. The third-order valence-corrected chi connectivity index (χ3v) is 1.16. The van der Waals surface area contributed by atoms with Crippen molar-refractivity contribution >= 4 is 12.4 Å². The molecule has 0 atom stereocenters. The first kappa shape index (κ1) is 11.1. The monoisotopic (exact) mass is 189 g/mol. The van der Waals surface area contributed by atoms with E-state index in [9.17, 15) is 0 Å². The van der Waals surface area contributed by atoms with Crippen LogP contribution in [0.1, 0.15) is 12.6 Å². The molecule has 0 aromatic carbocycles. The first-order valence-corrected chi connectivity index (χ1v) is 3.50. The lowest BCUT2D eigenvalue weighted by Crippen LogP contribution is -2.02. The molecule has 1 rings (SSSR count). The predicted molar refractivity (Wildman–Crippen MR) is 48.3 cm³/mol. The van der Waals surface area contributed by atoms with Crippen LogP contribution in [0.25, 0.3) is 0 Å². The summed E-state index contributed by atoms with van der Waals surface area (Å²) in [4.78, 5) is 7.98. The summed E-state index contributed by atoms with van der Waals surface area (Å²) in [5, 5.41) is 0. The summed E-state index contributed by atoms with van der Waals surface area (Å²) in [5.74, 6) is 0.537. The maximum Gasteiger partial charge on any atom is 0.232 e. The van der Waals surface area contributed by atoms with E-state index >= 15 is 0 Å². The number of rotatable bonds is 3. The van der Waals surface area contributed by atoms with Gasteiger partial charge >= 0.3 is 0 Å². The van der Waals surface area contributed by atoms with E-state index in [0.717, 1.165) is 5.69 Å². The van der Waals surface area contributed by atoms with Gasteiger partial charge in [0, 0.05) is 12.7 Å². The van der Waals surface area contributed by atoms with Crippen molar-refractivity contribution in [1.82, 2.24) is 9.97 Å². The van der Waals surface area contributed by atoms with Crippen molar-refractivity contribution in [3.05, 3.63) is 18.1 Å². The summed E-state index contributed by atoms with van der Waals surface area (Å²) in [6, 6.07) is 0. The van der Waals surface area contributed by atoms with Gasteiger partial charge in [-0.3, -0.25) is 4.98 Å². The molecule has 0 aliphatic heterocycles. The number of aromatic nitrogens is 2. The molecule has 5 heteroatoms. The second kappa shape index (κ2) is 5.74. The number of nitrogens with zero attached hydrogens (tertiary/aromatic N) is 2. The zero-order valence-corrected chi connectivity index (χ0v) is 7.67. The van der Waals surface area contributed by atoms with E-state index in [1.54, 1.807) is 12.4 Å². The lowest BCUT2D eigenvalue weighted by atomic mass is 10.5. The van der Waals surface area contributed by atoms with Crippen LogP contribution >= 0.6 is 12.4 Å². The highest BCUT2D eigenvalue weighted by atomic mass is 35.5. The van der Waals surface area contributed by atoms with Gasteiger partial charge < -0.3 is 10.5 Å². The Bertz CT molecular complexity index is 232. The average molecular weight is 190 g/mol. The smallest absolute Gasteiger partial charge is 0.232 e. The Labute approximate surface area is 77.6 Å². The molecular weight excluding hydrogens is 178 g/mol. The fraction of sp³-hybridized carbons (Fsp3) is 0.429. The standard InChI is InChI=1S/C7H11N3O.ClH/c1-2-11-7-5-9-4-6(3-8)10-7;/h4-5H,2-3,8H2,1H3;1H. The molecule has 0 aliphatic rings. The van der Waals surface area contributed by atoms with Gasteiger partial charge in [0.05, 0.1) is 18.5 Å². The molecule has 0 bridgehead atoms. The first-order valence-electron chi connectivity index (χ1n) is 3.50. The van der Waals surface area contributed by atoms with Gasteiger partial charge in [0.1, 0.15) is 0 Å². The molecule has 1 aromatic rings. The number of ether oxygens (including phenoxy) is 1. The molecule has 0 fully saturated rings. The second-order valence-corrected chi connectivity index (χ2v) is 1.99. The third-order valence-electron chi connectivity index (χ3n) is 1.16. The molecule has 12 heavy (non-hydrogen) atoms. The highest BCUT2D eigenvalue weighted by molar-refractivity contribution is 5.85. The molecule has 0 unspecified atom stereocenters. The Kier molecular flexibility index (Phi) is 5.32. The molecule has 4 nitrogen and oxygen atoms in total. The van der Waals surface area contributed by atoms with Crippen molar-refractivity contribution in [2.24, 2.45) is 5.73 Å². The Morgan fingerprint density at radius 1 is 1.50 bits per heavy atom. The fourth-order valence-electron chi connectivity index (χ4n) is 0.702. The molecule has 0 amide bonds.